The number of rotatable bonds is 3. The van der Waals surface area contributed by atoms with Crippen molar-refractivity contribution in [2.45, 2.75) is 4.90 Å². The van der Waals surface area contributed by atoms with Crippen molar-refractivity contribution < 1.29 is 12.8 Å². The first kappa shape index (κ1) is 17.9. The standard InChI is InChI=1S/C17H12ClFN4O2S/c1-26(24,25)15-5-10(21)4-12-16(9(7-20)8-22-17(12)15)23-11-2-3-14(19)13(18)6-11/h2-6,8H,21H2,1H3,(H,22,23). The number of fused-ring (bicyclic) bond motifs is 1. The maximum absolute atomic E-state index is 13.4. The van der Waals surface area contributed by atoms with E-state index in [0.29, 0.717) is 16.8 Å². The molecule has 1 aromatic heterocycles. The van der Waals surface area contributed by atoms with Gasteiger partial charge in [-0.25, -0.2) is 12.8 Å². The van der Waals surface area contributed by atoms with E-state index in [9.17, 15) is 18.1 Å². The highest BCUT2D eigenvalue weighted by molar-refractivity contribution is 7.91. The van der Waals surface area contributed by atoms with Crippen molar-refractivity contribution in [2.75, 3.05) is 17.3 Å². The van der Waals surface area contributed by atoms with Crippen LogP contribution < -0.4 is 11.1 Å². The lowest BCUT2D eigenvalue weighted by Gasteiger charge is -2.14. The molecule has 0 unspecified atom stereocenters. The summed E-state index contributed by atoms with van der Waals surface area (Å²) in [6.45, 7) is 0. The summed E-state index contributed by atoms with van der Waals surface area (Å²) in [7, 11) is -3.60. The Morgan fingerprint density at radius 2 is 2.04 bits per heavy atom. The Labute approximate surface area is 153 Å². The third kappa shape index (κ3) is 3.27. The average molecular weight is 391 g/mol. The van der Waals surface area contributed by atoms with Crippen LogP contribution in [0.2, 0.25) is 5.02 Å². The Morgan fingerprint density at radius 3 is 2.65 bits per heavy atom. The van der Waals surface area contributed by atoms with E-state index < -0.39 is 15.7 Å². The second-order valence-corrected chi connectivity index (χ2v) is 7.99. The smallest absolute Gasteiger partial charge is 0.177 e. The van der Waals surface area contributed by atoms with Gasteiger partial charge in [0.25, 0.3) is 0 Å². The molecule has 0 aliphatic heterocycles. The summed E-state index contributed by atoms with van der Waals surface area (Å²) in [5, 5.41) is 12.6. The molecular formula is C17H12ClFN4O2S. The number of nitriles is 1. The number of anilines is 3. The lowest BCUT2D eigenvalue weighted by Crippen LogP contribution is -2.04. The molecule has 132 valence electrons. The van der Waals surface area contributed by atoms with Crippen LogP contribution in [0.4, 0.5) is 21.5 Å². The first-order valence-electron chi connectivity index (χ1n) is 7.25. The first-order valence-corrected chi connectivity index (χ1v) is 9.52. The zero-order valence-corrected chi connectivity index (χ0v) is 15.0. The fourth-order valence-electron chi connectivity index (χ4n) is 2.51. The predicted octanol–water partition coefficient (Wildman–Crippen LogP) is 3.63. The van der Waals surface area contributed by atoms with Gasteiger partial charge in [0, 0.05) is 29.2 Å². The van der Waals surface area contributed by atoms with Crippen molar-refractivity contribution >= 4 is 49.4 Å². The van der Waals surface area contributed by atoms with Crippen LogP contribution in [0.15, 0.2) is 41.4 Å². The minimum absolute atomic E-state index is 0.0443. The summed E-state index contributed by atoms with van der Waals surface area (Å²) in [4.78, 5) is 4.07. The minimum atomic E-state index is -3.60. The van der Waals surface area contributed by atoms with Crippen LogP contribution >= 0.6 is 11.6 Å². The van der Waals surface area contributed by atoms with Crippen molar-refractivity contribution in [1.29, 1.82) is 5.26 Å². The molecule has 6 nitrogen and oxygen atoms in total. The molecule has 1 heterocycles. The third-order valence-electron chi connectivity index (χ3n) is 3.67. The van der Waals surface area contributed by atoms with Crippen molar-refractivity contribution in [3.05, 3.63) is 52.9 Å². The van der Waals surface area contributed by atoms with E-state index in [-0.39, 0.29) is 26.7 Å². The molecule has 3 N–H and O–H groups in total. The third-order valence-corrected chi connectivity index (χ3v) is 5.07. The lowest BCUT2D eigenvalue weighted by atomic mass is 10.1. The highest BCUT2D eigenvalue weighted by Gasteiger charge is 2.18. The monoisotopic (exact) mass is 390 g/mol. The Balaban J connectivity index is 2.31. The van der Waals surface area contributed by atoms with E-state index in [1.54, 1.807) is 0 Å². The zero-order chi connectivity index (χ0) is 19.1. The van der Waals surface area contributed by atoms with Crippen LogP contribution in [-0.4, -0.2) is 19.7 Å². The summed E-state index contributed by atoms with van der Waals surface area (Å²) in [6.07, 6.45) is 2.31. The quantitative estimate of drug-likeness (QED) is 0.661. The number of nitrogens with zero attached hydrogens (tertiary/aromatic N) is 2. The van der Waals surface area contributed by atoms with Crippen LogP contribution in [0, 0.1) is 17.1 Å². The average Bonchev–Trinajstić information content (AvgIpc) is 2.57. The molecule has 0 saturated carbocycles. The molecule has 9 heteroatoms. The summed E-state index contributed by atoms with van der Waals surface area (Å²) < 4.78 is 37.5. The SMILES string of the molecule is CS(=O)(=O)c1cc(N)cc2c(Nc3ccc(F)c(Cl)c3)c(C#N)cnc12. The van der Waals surface area contributed by atoms with Crippen molar-refractivity contribution in [3.63, 3.8) is 0 Å². The van der Waals surface area contributed by atoms with Gasteiger partial charge >= 0.3 is 0 Å². The van der Waals surface area contributed by atoms with E-state index in [1.807, 2.05) is 6.07 Å². The van der Waals surface area contributed by atoms with Crippen LogP contribution in [0.25, 0.3) is 10.9 Å². The summed E-state index contributed by atoms with van der Waals surface area (Å²) in [5.74, 6) is -0.582. The molecule has 0 bridgehead atoms. The molecule has 0 atom stereocenters. The fourth-order valence-corrected chi connectivity index (χ4v) is 3.56. The van der Waals surface area contributed by atoms with Gasteiger partial charge in [0.2, 0.25) is 0 Å². The Bertz CT molecular complexity index is 1190. The van der Waals surface area contributed by atoms with Crippen LogP contribution in [0.1, 0.15) is 5.56 Å². The normalized spacial score (nSPS) is 11.3. The molecule has 0 radical (unpaired) electrons. The number of nitrogens with one attached hydrogen (secondary N) is 1. The number of benzene rings is 2. The number of nitrogen functional groups attached to an aromatic ring is 1. The number of halogens is 2. The Kier molecular flexibility index (Phi) is 4.44. The summed E-state index contributed by atoms with van der Waals surface area (Å²) >= 11 is 5.79. The van der Waals surface area contributed by atoms with Crippen molar-refractivity contribution in [3.8, 4) is 6.07 Å². The number of aromatic nitrogens is 1. The first-order chi connectivity index (χ1) is 12.2. The Hall–Kier alpha value is -2.89. The van der Waals surface area contributed by atoms with Gasteiger partial charge in [-0.1, -0.05) is 11.6 Å². The molecule has 0 spiro atoms. The van der Waals surface area contributed by atoms with Crippen molar-refractivity contribution in [2.24, 2.45) is 0 Å². The van der Waals surface area contributed by atoms with Gasteiger partial charge in [-0.15, -0.1) is 0 Å². The molecule has 0 aliphatic carbocycles. The van der Waals surface area contributed by atoms with Crippen LogP contribution in [0.5, 0.6) is 0 Å². The van der Waals surface area contributed by atoms with Crippen LogP contribution in [-0.2, 0) is 9.84 Å². The maximum atomic E-state index is 13.4. The van der Waals surface area contributed by atoms with Gasteiger partial charge in [0.1, 0.15) is 11.9 Å². The van der Waals surface area contributed by atoms with E-state index in [2.05, 4.69) is 10.3 Å². The number of hydrogen-bond acceptors (Lipinski definition) is 6. The minimum Gasteiger partial charge on any atom is -0.399 e. The van der Waals surface area contributed by atoms with Gasteiger partial charge in [0.15, 0.2) is 9.84 Å². The van der Waals surface area contributed by atoms with Crippen LogP contribution in [0.3, 0.4) is 0 Å². The van der Waals surface area contributed by atoms with Gasteiger partial charge in [-0.2, -0.15) is 5.26 Å². The zero-order valence-electron chi connectivity index (χ0n) is 13.4. The summed E-state index contributed by atoms with van der Waals surface area (Å²) in [5.41, 5.74) is 7.12. The van der Waals surface area contributed by atoms with Gasteiger partial charge in [-0.3, -0.25) is 4.98 Å². The molecule has 3 rings (SSSR count). The summed E-state index contributed by atoms with van der Waals surface area (Å²) in [6, 6.07) is 8.80. The van der Waals surface area contributed by atoms with Gasteiger partial charge in [-0.05, 0) is 30.3 Å². The molecule has 0 fully saturated rings. The molecule has 2 aromatic carbocycles. The van der Waals surface area contributed by atoms with Crippen molar-refractivity contribution in [1.82, 2.24) is 4.98 Å². The second-order valence-electron chi connectivity index (χ2n) is 5.60. The molecule has 0 saturated heterocycles. The molecule has 0 amide bonds. The Morgan fingerprint density at radius 1 is 1.31 bits per heavy atom. The van der Waals surface area contributed by atoms with Gasteiger partial charge < -0.3 is 11.1 Å². The molecular weight excluding hydrogens is 379 g/mol. The van der Waals surface area contributed by atoms with E-state index >= 15 is 0 Å². The number of hydrogen-bond donors (Lipinski definition) is 2. The molecule has 26 heavy (non-hydrogen) atoms. The second kappa shape index (κ2) is 6.44. The number of pyridine rings is 1. The van der Waals surface area contributed by atoms with E-state index in [4.69, 9.17) is 17.3 Å². The van der Waals surface area contributed by atoms with E-state index in [1.165, 1.54) is 36.5 Å². The fraction of sp³-hybridized carbons (Fsp3) is 0.0588. The maximum Gasteiger partial charge on any atom is 0.177 e. The largest absolute Gasteiger partial charge is 0.399 e. The molecule has 3 aromatic rings. The number of sulfone groups is 1. The van der Waals surface area contributed by atoms with E-state index in [0.717, 1.165) is 6.26 Å². The predicted molar refractivity (Wildman–Crippen MR) is 98.7 cm³/mol. The van der Waals surface area contributed by atoms with Gasteiger partial charge in [0.05, 0.1) is 26.7 Å². The number of nitrogens with two attached hydrogens (primary N) is 1. The lowest BCUT2D eigenvalue weighted by molar-refractivity contribution is 0.602. The highest BCUT2D eigenvalue weighted by atomic mass is 35.5. The highest BCUT2D eigenvalue weighted by Crippen LogP contribution is 2.34. The topological polar surface area (TPSA) is 109 Å². The molecule has 0 aliphatic rings.